The van der Waals surface area contributed by atoms with Gasteiger partial charge in [0.2, 0.25) is 5.91 Å². The Labute approximate surface area is 144 Å². The highest BCUT2D eigenvalue weighted by atomic mass is 32.2. The third-order valence-electron chi connectivity index (χ3n) is 3.57. The van der Waals surface area contributed by atoms with Crippen molar-refractivity contribution >= 4 is 39.2 Å². The molecule has 0 aliphatic heterocycles. The zero-order chi connectivity index (χ0) is 16.1. The largest absolute Gasteiger partial charge is 0.352 e. The highest BCUT2D eigenvalue weighted by Gasteiger charge is 2.06. The lowest BCUT2D eigenvalue weighted by Crippen LogP contribution is -2.23. The van der Waals surface area contributed by atoms with Gasteiger partial charge in [0.15, 0.2) is 4.34 Å². The minimum atomic E-state index is 0.0851. The van der Waals surface area contributed by atoms with E-state index in [4.69, 9.17) is 0 Å². The number of thiazole rings is 1. The monoisotopic (exact) mass is 342 g/mol. The fourth-order valence-electron chi connectivity index (χ4n) is 2.23. The van der Waals surface area contributed by atoms with Gasteiger partial charge in [0.05, 0.1) is 10.2 Å². The van der Waals surface area contributed by atoms with E-state index in [0.29, 0.717) is 13.0 Å². The Kier molecular flexibility index (Phi) is 5.31. The lowest BCUT2D eigenvalue weighted by Gasteiger charge is -2.07. The molecule has 23 heavy (non-hydrogen) atoms. The molecule has 3 rings (SSSR count). The van der Waals surface area contributed by atoms with Gasteiger partial charge in [-0.2, -0.15) is 0 Å². The number of fused-ring (bicyclic) bond motifs is 1. The number of rotatable bonds is 6. The van der Waals surface area contributed by atoms with Crippen LogP contribution in [-0.4, -0.2) is 16.6 Å². The summed E-state index contributed by atoms with van der Waals surface area (Å²) in [4.78, 5) is 16.5. The molecule has 5 heteroatoms. The van der Waals surface area contributed by atoms with Crippen molar-refractivity contribution in [2.45, 2.75) is 24.2 Å². The van der Waals surface area contributed by atoms with Crippen molar-refractivity contribution in [3.63, 3.8) is 0 Å². The predicted molar refractivity (Wildman–Crippen MR) is 98.0 cm³/mol. The molecule has 0 fully saturated rings. The van der Waals surface area contributed by atoms with Crippen LogP contribution in [0.1, 0.15) is 17.5 Å². The third kappa shape index (κ3) is 4.33. The van der Waals surface area contributed by atoms with Crippen molar-refractivity contribution in [3.05, 3.63) is 59.7 Å². The molecular formula is C18H18N2OS2. The van der Waals surface area contributed by atoms with E-state index in [1.807, 2.05) is 36.4 Å². The second kappa shape index (κ2) is 7.62. The summed E-state index contributed by atoms with van der Waals surface area (Å²) >= 11 is 3.33. The zero-order valence-corrected chi connectivity index (χ0v) is 14.5. The van der Waals surface area contributed by atoms with Crippen molar-refractivity contribution < 1.29 is 4.79 Å². The van der Waals surface area contributed by atoms with Crippen LogP contribution < -0.4 is 5.32 Å². The molecule has 0 aliphatic carbocycles. The van der Waals surface area contributed by atoms with Crippen molar-refractivity contribution in [1.82, 2.24) is 10.3 Å². The number of aromatic nitrogens is 1. The number of carbonyl (C=O) groups is 1. The first kappa shape index (κ1) is 16.0. The molecule has 0 radical (unpaired) electrons. The van der Waals surface area contributed by atoms with E-state index in [1.165, 1.54) is 15.8 Å². The van der Waals surface area contributed by atoms with E-state index in [0.717, 1.165) is 15.6 Å². The van der Waals surface area contributed by atoms with Gasteiger partial charge in [0.25, 0.3) is 0 Å². The number of para-hydroxylation sites is 1. The molecule has 1 heterocycles. The van der Waals surface area contributed by atoms with Gasteiger partial charge < -0.3 is 5.32 Å². The van der Waals surface area contributed by atoms with Crippen LogP contribution in [0.25, 0.3) is 10.2 Å². The van der Waals surface area contributed by atoms with E-state index in [1.54, 1.807) is 23.1 Å². The van der Waals surface area contributed by atoms with Gasteiger partial charge in [-0.15, -0.1) is 11.3 Å². The van der Waals surface area contributed by atoms with Crippen LogP contribution in [0.15, 0.2) is 52.9 Å². The minimum absolute atomic E-state index is 0.0851. The van der Waals surface area contributed by atoms with E-state index in [2.05, 4.69) is 29.4 Å². The summed E-state index contributed by atoms with van der Waals surface area (Å²) in [5.74, 6) is 0.834. The molecule has 3 aromatic rings. The summed E-state index contributed by atoms with van der Waals surface area (Å²) in [5, 5.41) is 2.98. The molecule has 0 bridgehead atoms. The molecule has 1 amide bonds. The fraction of sp³-hybridized carbons (Fsp3) is 0.222. The predicted octanol–water partition coefficient (Wildman–Crippen LogP) is 4.40. The van der Waals surface area contributed by atoms with Crippen LogP contribution in [0.3, 0.4) is 0 Å². The highest BCUT2D eigenvalue weighted by Crippen LogP contribution is 2.29. The SMILES string of the molecule is Cc1ccccc1CNC(=O)CCSc1nc2ccccc2s1. The topological polar surface area (TPSA) is 42.0 Å². The lowest BCUT2D eigenvalue weighted by molar-refractivity contribution is -0.120. The maximum absolute atomic E-state index is 11.9. The van der Waals surface area contributed by atoms with Crippen LogP contribution in [0.4, 0.5) is 0 Å². The number of benzene rings is 2. The Hall–Kier alpha value is -1.85. The molecule has 0 spiro atoms. The maximum Gasteiger partial charge on any atom is 0.221 e. The summed E-state index contributed by atoms with van der Waals surface area (Å²) in [6.45, 7) is 2.65. The van der Waals surface area contributed by atoms with Gasteiger partial charge in [-0.05, 0) is 30.2 Å². The number of nitrogens with one attached hydrogen (secondary N) is 1. The standard InChI is InChI=1S/C18H18N2OS2/c1-13-6-2-3-7-14(13)12-19-17(21)10-11-22-18-20-15-8-4-5-9-16(15)23-18/h2-9H,10-12H2,1H3,(H,19,21). The van der Waals surface area contributed by atoms with Gasteiger partial charge in [-0.1, -0.05) is 48.2 Å². The van der Waals surface area contributed by atoms with Crippen molar-refractivity contribution in [2.24, 2.45) is 0 Å². The Morgan fingerprint density at radius 2 is 1.96 bits per heavy atom. The average molecular weight is 342 g/mol. The normalized spacial score (nSPS) is 10.8. The Morgan fingerprint density at radius 3 is 2.78 bits per heavy atom. The van der Waals surface area contributed by atoms with E-state index in [-0.39, 0.29) is 5.91 Å². The van der Waals surface area contributed by atoms with Crippen LogP contribution >= 0.6 is 23.1 Å². The molecule has 0 aliphatic rings. The number of nitrogens with zero attached hydrogens (tertiary/aromatic N) is 1. The molecule has 0 unspecified atom stereocenters. The Balaban J connectivity index is 1.45. The number of aryl methyl sites for hydroxylation is 1. The highest BCUT2D eigenvalue weighted by molar-refractivity contribution is 8.01. The molecular weight excluding hydrogens is 324 g/mol. The summed E-state index contributed by atoms with van der Waals surface area (Å²) in [5.41, 5.74) is 3.40. The minimum Gasteiger partial charge on any atom is -0.352 e. The molecule has 2 aromatic carbocycles. The van der Waals surface area contributed by atoms with Crippen LogP contribution in [-0.2, 0) is 11.3 Å². The van der Waals surface area contributed by atoms with Gasteiger partial charge in [0.1, 0.15) is 0 Å². The Morgan fingerprint density at radius 1 is 1.17 bits per heavy atom. The second-order valence-electron chi connectivity index (χ2n) is 5.25. The summed E-state index contributed by atoms with van der Waals surface area (Å²) in [6.07, 6.45) is 0.506. The first-order valence-corrected chi connectivity index (χ1v) is 9.32. The van der Waals surface area contributed by atoms with Gasteiger partial charge in [-0.3, -0.25) is 4.79 Å². The molecule has 3 nitrogen and oxygen atoms in total. The van der Waals surface area contributed by atoms with Crippen LogP contribution in [0.2, 0.25) is 0 Å². The van der Waals surface area contributed by atoms with Gasteiger partial charge >= 0.3 is 0 Å². The summed E-state index contributed by atoms with van der Waals surface area (Å²) < 4.78 is 2.22. The zero-order valence-electron chi connectivity index (χ0n) is 12.9. The summed E-state index contributed by atoms with van der Waals surface area (Å²) in [7, 11) is 0. The molecule has 0 atom stereocenters. The lowest BCUT2D eigenvalue weighted by atomic mass is 10.1. The molecule has 118 valence electrons. The first-order valence-electron chi connectivity index (χ1n) is 7.52. The number of amides is 1. The first-order chi connectivity index (χ1) is 11.2. The maximum atomic E-state index is 11.9. The Bertz CT molecular complexity index is 780. The molecule has 0 saturated carbocycles. The van der Waals surface area contributed by atoms with Gasteiger partial charge in [0, 0.05) is 18.7 Å². The number of carbonyl (C=O) groups excluding carboxylic acids is 1. The molecule has 1 N–H and O–H groups in total. The quantitative estimate of drug-likeness (QED) is 0.675. The second-order valence-corrected chi connectivity index (χ2v) is 7.62. The number of hydrogen-bond acceptors (Lipinski definition) is 4. The number of thioether (sulfide) groups is 1. The van der Waals surface area contributed by atoms with Crippen LogP contribution in [0.5, 0.6) is 0 Å². The smallest absolute Gasteiger partial charge is 0.221 e. The van der Waals surface area contributed by atoms with Crippen molar-refractivity contribution in [2.75, 3.05) is 5.75 Å². The van der Waals surface area contributed by atoms with Crippen molar-refractivity contribution in [1.29, 1.82) is 0 Å². The van der Waals surface area contributed by atoms with E-state index >= 15 is 0 Å². The summed E-state index contributed by atoms with van der Waals surface area (Å²) in [6, 6.07) is 16.2. The van der Waals surface area contributed by atoms with Crippen LogP contribution in [0, 0.1) is 6.92 Å². The third-order valence-corrected chi connectivity index (χ3v) is 5.75. The molecule has 1 aromatic heterocycles. The van der Waals surface area contributed by atoms with E-state index in [9.17, 15) is 4.79 Å². The van der Waals surface area contributed by atoms with Gasteiger partial charge in [-0.25, -0.2) is 4.98 Å². The van der Waals surface area contributed by atoms with E-state index < -0.39 is 0 Å². The number of hydrogen-bond donors (Lipinski definition) is 1. The fourth-order valence-corrected chi connectivity index (χ4v) is 4.31. The van der Waals surface area contributed by atoms with Crippen molar-refractivity contribution in [3.8, 4) is 0 Å². The average Bonchev–Trinajstić information content (AvgIpc) is 2.97. The molecule has 0 saturated heterocycles.